The Morgan fingerprint density at radius 1 is 0.742 bits per heavy atom. The van der Waals surface area contributed by atoms with Gasteiger partial charge < -0.3 is 9.84 Å². The Hall–Kier alpha value is -3.76. The zero-order chi connectivity index (χ0) is 21.5. The Bertz CT molecular complexity index is 1110. The van der Waals surface area contributed by atoms with Gasteiger partial charge in [0.15, 0.2) is 24.7 Å². The fraction of sp³-hybridized carbons (Fsp3) is 0.111. The normalized spacial score (nSPS) is 11.6. The van der Waals surface area contributed by atoms with Gasteiger partial charge in [0.05, 0.1) is 0 Å². The van der Waals surface area contributed by atoms with Crippen molar-refractivity contribution in [3.05, 3.63) is 121 Å². The van der Waals surface area contributed by atoms with Crippen LogP contribution < -0.4 is 9.30 Å². The van der Waals surface area contributed by atoms with Gasteiger partial charge in [0, 0.05) is 23.3 Å². The number of aliphatic hydroxyl groups excluding tert-OH is 1. The Morgan fingerprint density at radius 3 is 1.94 bits per heavy atom. The summed E-state index contributed by atoms with van der Waals surface area (Å²) in [5, 5.41) is 10.3. The van der Waals surface area contributed by atoms with Crippen LogP contribution in [0.1, 0.15) is 15.9 Å². The molecule has 4 aromatic rings. The molecule has 1 N–H and O–H groups in total. The number of aliphatic hydroxyl groups is 1. The summed E-state index contributed by atoms with van der Waals surface area (Å²) in [5.41, 5.74) is 3.55. The molecule has 0 aliphatic rings. The van der Waals surface area contributed by atoms with Crippen LogP contribution in [0.5, 0.6) is 5.75 Å². The van der Waals surface area contributed by atoms with Gasteiger partial charge in [-0.05, 0) is 35.4 Å². The molecule has 0 saturated heterocycles. The maximum atomic E-state index is 12.5. The second-order valence-corrected chi connectivity index (χ2v) is 7.33. The predicted molar refractivity (Wildman–Crippen MR) is 120 cm³/mol. The highest BCUT2D eigenvalue weighted by molar-refractivity contribution is 6.08. The van der Waals surface area contributed by atoms with Crippen LogP contribution in [-0.4, -0.2) is 23.6 Å². The van der Waals surface area contributed by atoms with Crippen molar-refractivity contribution in [2.45, 2.75) is 12.6 Å². The van der Waals surface area contributed by atoms with E-state index in [-0.39, 0.29) is 12.4 Å². The number of nitrogens with zero attached hydrogens (tertiary/aromatic N) is 1. The number of ether oxygens (including phenoxy) is 1. The molecule has 0 saturated carbocycles. The van der Waals surface area contributed by atoms with Gasteiger partial charge in [-0.2, -0.15) is 0 Å². The fourth-order valence-electron chi connectivity index (χ4n) is 3.35. The minimum Gasteiger partial charge on any atom is -0.491 e. The van der Waals surface area contributed by atoms with Crippen molar-refractivity contribution in [2.75, 3.05) is 6.61 Å². The van der Waals surface area contributed by atoms with Crippen LogP contribution in [0, 0.1) is 0 Å². The second-order valence-electron chi connectivity index (χ2n) is 7.33. The third-order valence-corrected chi connectivity index (χ3v) is 5.01. The summed E-state index contributed by atoms with van der Waals surface area (Å²) in [4.78, 5) is 12.5. The molecular weight excluding hydrogens is 386 g/mol. The maximum absolute atomic E-state index is 12.5. The second kappa shape index (κ2) is 9.83. The van der Waals surface area contributed by atoms with Crippen molar-refractivity contribution in [1.82, 2.24) is 0 Å². The molecule has 0 radical (unpaired) electrons. The summed E-state index contributed by atoms with van der Waals surface area (Å²) in [6, 6.07) is 30.4. The van der Waals surface area contributed by atoms with Gasteiger partial charge in [-0.15, -0.1) is 0 Å². The van der Waals surface area contributed by atoms with E-state index >= 15 is 0 Å². The number of rotatable bonds is 8. The first-order valence-corrected chi connectivity index (χ1v) is 10.2. The average molecular weight is 410 g/mol. The van der Waals surface area contributed by atoms with E-state index in [0.29, 0.717) is 23.4 Å². The summed E-state index contributed by atoms with van der Waals surface area (Å²) in [6.45, 7) is 0.596. The third-order valence-electron chi connectivity index (χ3n) is 5.01. The van der Waals surface area contributed by atoms with E-state index in [9.17, 15) is 9.90 Å². The van der Waals surface area contributed by atoms with E-state index in [1.54, 1.807) is 36.4 Å². The third kappa shape index (κ3) is 5.44. The van der Waals surface area contributed by atoms with Gasteiger partial charge in [0.2, 0.25) is 0 Å². The van der Waals surface area contributed by atoms with Gasteiger partial charge in [-0.25, -0.2) is 4.57 Å². The van der Waals surface area contributed by atoms with E-state index in [2.05, 4.69) is 12.1 Å². The summed E-state index contributed by atoms with van der Waals surface area (Å²) in [6.07, 6.45) is 3.25. The molecule has 0 spiro atoms. The van der Waals surface area contributed by atoms with Crippen LogP contribution in [0.3, 0.4) is 0 Å². The summed E-state index contributed by atoms with van der Waals surface area (Å²) in [7, 11) is 0. The molecule has 1 unspecified atom stereocenters. The molecule has 4 nitrogen and oxygen atoms in total. The molecule has 1 atom stereocenters. The molecule has 0 aliphatic heterocycles. The molecule has 0 fully saturated rings. The topological polar surface area (TPSA) is 50.4 Å². The molecule has 1 aromatic heterocycles. The number of carbonyl (C=O) groups is 1. The van der Waals surface area contributed by atoms with E-state index in [1.807, 2.05) is 65.5 Å². The van der Waals surface area contributed by atoms with Crippen molar-refractivity contribution in [1.29, 1.82) is 0 Å². The van der Waals surface area contributed by atoms with Crippen LogP contribution in [0.2, 0.25) is 0 Å². The lowest BCUT2D eigenvalue weighted by molar-refractivity contribution is -0.703. The maximum Gasteiger partial charge on any atom is 0.193 e. The molecule has 4 rings (SSSR count). The monoisotopic (exact) mass is 410 g/mol. The molecule has 0 bridgehead atoms. The lowest BCUT2D eigenvalue weighted by Crippen LogP contribution is -2.41. The van der Waals surface area contributed by atoms with E-state index in [0.717, 1.165) is 11.1 Å². The number of pyridine rings is 1. The van der Waals surface area contributed by atoms with Crippen molar-refractivity contribution in [2.24, 2.45) is 0 Å². The quantitative estimate of drug-likeness (QED) is 0.348. The first-order chi connectivity index (χ1) is 15.2. The largest absolute Gasteiger partial charge is 0.491 e. The summed E-state index contributed by atoms with van der Waals surface area (Å²) in [5.74, 6) is 0.593. The molecule has 154 valence electrons. The van der Waals surface area contributed by atoms with Crippen molar-refractivity contribution in [3.8, 4) is 16.9 Å². The zero-order valence-electron chi connectivity index (χ0n) is 17.1. The van der Waals surface area contributed by atoms with Crippen molar-refractivity contribution >= 4 is 5.78 Å². The average Bonchev–Trinajstić information content (AvgIpc) is 2.84. The first kappa shape index (κ1) is 20.5. The first-order valence-electron chi connectivity index (χ1n) is 10.2. The van der Waals surface area contributed by atoms with E-state index in [1.165, 1.54) is 0 Å². The molecule has 3 aromatic carbocycles. The van der Waals surface area contributed by atoms with Gasteiger partial charge in [-0.3, -0.25) is 4.79 Å². The highest BCUT2D eigenvalue weighted by Crippen LogP contribution is 2.17. The molecule has 0 amide bonds. The van der Waals surface area contributed by atoms with Gasteiger partial charge >= 0.3 is 0 Å². The molecular formula is C27H24NO3+. The van der Waals surface area contributed by atoms with Crippen LogP contribution >= 0.6 is 0 Å². The van der Waals surface area contributed by atoms with Crippen molar-refractivity contribution < 1.29 is 19.2 Å². The standard InChI is InChI=1S/C27H24NO3/c29-25(19-28-17-15-22(16-18-28)21-7-3-1-4-8-21)20-31-26-13-11-24(12-14-26)27(30)23-9-5-2-6-10-23/h1-18,25,29H,19-20H2/q+1. The predicted octanol–water partition coefficient (Wildman–Crippen LogP) is 4.31. The molecule has 1 heterocycles. The lowest BCUT2D eigenvalue weighted by atomic mass is 10.0. The lowest BCUT2D eigenvalue weighted by Gasteiger charge is -2.11. The highest BCUT2D eigenvalue weighted by Gasteiger charge is 2.13. The van der Waals surface area contributed by atoms with Gasteiger partial charge in [0.1, 0.15) is 18.5 Å². The summed E-state index contributed by atoms with van der Waals surface area (Å²) >= 11 is 0. The number of ketones is 1. The van der Waals surface area contributed by atoms with Crippen LogP contribution in [0.15, 0.2) is 109 Å². The molecule has 0 aliphatic carbocycles. The number of aromatic nitrogens is 1. The zero-order valence-corrected chi connectivity index (χ0v) is 17.1. The SMILES string of the molecule is O=C(c1ccccc1)c1ccc(OCC(O)C[n+]2ccc(-c3ccccc3)cc2)cc1. The van der Waals surface area contributed by atoms with E-state index in [4.69, 9.17) is 4.74 Å². The Balaban J connectivity index is 1.29. The van der Waals surface area contributed by atoms with Gasteiger partial charge in [0.25, 0.3) is 0 Å². The smallest absolute Gasteiger partial charge is 0.193 e. The van der Waals surface area contributed by atoms with E-state index < -0.39 is 6.10 Å². The molecule has 4 heteroatoms. The van der Waals surface area contributed by atoms with Crippen LogP contribution in [0.4, 0.5) is 0 Å². The Labute approximate surface area is 182 Å². The number of hydrogen-bond acceptors (Lipinski definition) is 3. The van der Waals surface area contributed by atoms with Gasteiger partial charge in [-0.1, -0.05) is 60.7 Å². The number of benzene rings is 3. The van der Waals surface area contributed by atoms with Crippen molar-refractivity contribution in [3.63, 3.8) is 0 Å². The minimum atomic E-state index is -0.654. The number of carbonyl (C=O) groups excluding carboxylic acids is 1. The van der Waals surface area contributed by atoms with Crippen LogP contribution in [-0.2, 0) is 6.54 Å². The molecule has 31 heavy (non-hydrogen) atoms. The Kier molecular flexibility index (Phi) is 6.50. The fourth-order valence-corrected chi connectivity index (χ4v) is 3.35. The number of hydrogen-bond donors (Lipinski definition) is 1. The highest BCUT2D eigenvalue weighted by atomic mass is 16.5. The Morgan fingerprint density at radius 2 is 1.29 bits per heavy atom. The summed E-state index contributed by atoms with van der Waals surface area (Å²) < 4.78 is 7.63. The van der Waals surface area contributed by atoms with Crippen LogP contribution in [0.25, 0.3) is 11.1 Å². The minimum absolute atomic E-state index is 0.0254.